The molecule has 1 aliphatic rings. The third-order valence-corrected chi connectivity index (χ3v) is 5.83. The molecule has 4 rings (SSSR count). The van der Waals surface area contributed by atoms with Crippen LogP contribution in [0.15, 0.2) is 71.8 Å². The lowest BCUT2D eigenvalue weighted by molar-refractivity contribution is -0.384. The van der Waals surface area contributed by atoms with Crippen LogP contribution in [-0.4, -0.2) is 45.1 Å². The van der Waals surface area contributed by atoms with Crippen molar-refractivity contribution in [2.45, 2.75) is 0 Å². The number of carbonyl (C=O) groups is 3. The zero-order valence-electron chi connectivity index (χ0n) is 17.8. The number of benzene rings is 2. The quantitative estimate of drug-likeness (QED) is 0.308. The van der Waals surface area contributed by atoms with Crippen LogP contribution in [0.3, 0.4) is 0 Å². The molecule has 1 aliphatic heterocycles. The fourth-order valence-electron chi connectivity index (χ4n) is 3.29. The van der Waals surface area contributed by atoms with Gasteiger partial charge in [-0.25, -0.2) is 0 Å². The van der Waals surface area contributed by atoms with E-state index in [1.54, 1.807) is 59.3 Å². The van der Waals surface area contributed by atoms with Crippen molar-refractivity contribution in [3.05, 3.63) is 87.6 Å². The van der Waals surface area contributed by atoms with Crippen molar-refractivity contribution in [2.24, 2.45) is 0 Å². The molecule has 0 spiro atoms. The van der Waals surface area contributed by atoms with Crippen LogP contribution in [0.4, 0.5) is 16.2 Å². The zero-order chi connectivity index (χ0) is 24.2. The SMILES string of the molecule is COc1ccc(NC(=O)CN2C(=O)S/C(=C\c3cccn3-c3cccc([N+](=O)[O-])c3)C2=O)cc1. The number of thioether (sulfide) groups is 1. The summed E-state index contributed by atoms with van der Waals surface area (Å²) in [5, 5.41) is 13.2. The number of nitro groups is 1. The Labute approximate surface area is 198 Å². The smallest absolute Gasteiger partial charge is 0.294 e. The Kier molecular flexibility index (Phi) is 6.46. The molecule has 34 heavy (non-hydrogen) atoms. The van der Waals surface area contributed by atoms with Gasteiger partial charge in [-0.2, -0.15) is 0 Å². The predicted molar refractivity (Wildman–Crippen MR) is 127 cm³/mol. The largest absolute Gasteiger partial charge is 0.497 e. The second-order valence-corrected chi connectivity index (χ2v) is 8.12. The third-order valence-electron chi connectivity index (χ3n) is 4.93. The summed E-state index contributed by atoms with van der Waals surface area (Å²) in [6.07, 6.45) is 3.21. The van der Waals surface area contributed by atoms with Gasteiger partial charge in [0.2, 0.25) is 5.91 Å². The van der Waals surface area contributed by atoms with Crippen molar-refractivity contribution in [1.29, 1.82) is 0 Å². The van der Waals surface area contributed by atoms with Gasteiger partial charge in [0.15, 0.2) is 0 Å². The first-order chi connectivity index (χ1) is 16.4. The van der Waals surface area contributed by atoms with E-state index >= 15 is 0 Å². The fourth-order valence-corrected chi connectivity index (χ4v) is 4.12. The highest BCUT2D eigenvalue weighted by atomic mass is 32.2. The summed E-state index contributed by atoms with van der Waals surface area (Å²) in [6.45, 7) is -0.431. The van der Waals surface area contributed by atoms with Crippen LogP contribution < -0.4 is 10.1 Å². The highest BCUT2D eigenvalue weighted by Crippen LogP contribution is 2.33. The number of nitrogens with zero attached hydrogens (tertiary/aromatic N) is 3. The molecule has 1 N–H and O–H groups in total. The zero-order valence-corrected chi connectivity index (χ0v) is 18.7. The second-order valence-electron chi connectivity index (χ2n) is 7.12. The molecule has 10 nitrogen and oxygen atoms in total. The minimum absolute atomic E-state index is 0.0691. The number of nitrogens with one attached hydrogen (secondary N) is 1. The summed E-state index contributed by atoms with van der Waals surface area (Å²) in [4.78, 5) is 49.2. The van der Waals surface area contributed by atoms with Gasteiger partial charge in [0.1, 0.15) is 12.3 Å². The maximum Gasteiger partial charge on any atom is 0.294 e. The van der Waals surface area contributed by atoms with Gasteiger partial charge in [0.25, 0.3) is 16.8 Å². The van der Waals surface area contributed by atoms with Gasteiger partial charge in [-0.05, 0) is 60.3 Å². The molecule has 0 atom stereocenters. The molecular weight excluding hydrogens is 460 g/mol. The van der Waals surface area contributed by atoms with E-state index < -0.39 is 28.5 Å². The topological polar surface area (TPSA) is 124 Å². The first-order valence-electron chi connectivity index (χ1n) is 9.97. The molecule has 3 amide bonds. The third kappa shape index (κ3) is 4.84. The number of rotatable bonds is 7. The predicted octanol–water partition coefficient (Wildman–Crippen LogP) is 4.07. The van der Waals surface area contributed by atoms with Crippen LogP contribution in [0, 0.1) is 10.1 Å². The Hall–Kier alpha value is -4.38. The van der Waals surface area contributed by atoms with Crippen LogP contribution in [0.1, 0.15) is 5.69 Å². The van der Waals surface area contributed by atoms with E-state index in [2.05, 4.69) is 5.32 Å². The van der Waals surface area contributed by atoms with E-state index in [9.17, 15) is 24.5 Å². The van der Waals surface area contributed by atoms with E-state index in [1.165, 1.54) is 25.3 Å². The van der Waals surface area contributed by atoms with Crippen molar-refractivity contribution in [3.63, 3.8) is 0 Å². The lowest BCUT2D eigenvalue weighted by Crippen LogP contribution is -2.36. The lowest BCUT2D eigenvalue weighted by Gasteiger charge is -2.12. The number of hydrogen-bond acceptors (Lipinski definition) is 7. The van der Waals surface area contributed by atoms with Crippen molar-refractivity contribution >= 4 is 46.3 Å². The van der Waals surface area contributed by atoms with Crippen LogP contribution in [0.5, 0.6) is 5.75 Å². The van der Waals surface area contributed by atoms with E-state index in [4.69, 9.17) is 4.74 Å². The fraction of sp³-hybridized carbons (Fsp3) is 0.0870. The highest BCUT2D eigenvalue weighted by Gasteiger charge is 2.36. The number of carbonyl (C=O) groups excluding carboxylic acids is 3. The number of nitro benzene ring substituents is 1. The molecule has 0 unspecified atom stereocenters. The molecule has 2 heterocycles. The molecule has 0 radical (unpaired) electrons. The molecule has 0 saturated carbocycles. The molecule has 172 valence electrons. The van der Waals surface area contributed by atoms with Gasteiger partial charge in [0, 0.05) is 29.7 Å². The van der Waals surface area contributed by atoms with E-state index in [0.29, 0.717) is 22.8 Å². The molecule has 0 aliphatic carbocycles. The van der Waals surface area contributed by atoms with Crippen LogP contribution in [0.2, 0.25) is 0 Å². The maximum absolute atomic E-state index is 12.8. The summed E-state index contributed by atoms with van der Waals surface area (Å²) in [5.74, 6) is -0.482. The number of ether oxygens (including phenoxy) is 1. The van der Waals surface area contributed by atoms with E-state index in [-0.39, 0.29) is 10.6 Å². The summed E-state index contributed by atoms with van der Waals surface area (Å²) < 4.78 is 6.73. The van der Waals surface area contributed by atoms with Gasteiger partial charge in [-0.15, -0.1) is 0 Å². The summed E-state index contributed by atoms with van der Waals surface area (Å²) in [5.41, 5.74) is 1.51. The number of amides is 3. The molecule has 11 heteroatoms. The Bertz CT molecular complexity index is 1320. The normalized spacial score (nSPS) is 14.5. The molecule has 2 aromatic carbocycles. The minimum atomic E-state index is -0.591. The Morgan fingerprint density at radius 3 is 2.62 bits per heavy atom. The number of non-ortho nitro benzene ring substituents is 1. The van der Waals surface area contributed by atoms with Gasteiger partial charge in [0.05, 0.1) is 22.6 Å². The second kappa shape index (κ2) is 9.63. The molecular formula is C23H18N4O6S. The molecule has 0 bridgehead atoms. The Balaban J connectivity index is 1.49. The molecule has 1 aromatic heterocycles. The standard InChI is InChI=1S/C23H18N4O6S/c1-33-19-9-7-15(8-10-19)24-21(28)14-26-22(29)20(34-23(26)30)13-17-6-3-11-25(17)16-4-2-5-18(12-16)27(31)32/h2-13H,14H2,1H3,(H,24,28)/b20-13-. The van der Waals surface area contributed by atoms with Crippen LogP contribution in [0.25, 0.3) is 11.8 Å². The number of anilines is 1. The summed E-state index contributed by atoms with van der Waals surface area (Å²) >= 11 is 0.726. The number of imide groups is 1. The van der Waals surface area contributed by atoms with Crippen LogP contribution >= 0.6 is 11.8 Å². The van der Waals surface area contributed by atoms with Gasteiger partial charge < -0.3 is 14.6 Å². The Morgan fingerprint density at radius 1 is 1.15 bits per heavy atom. The average Bonchev–Trinajstić information content (AvgIpc) is 3.39. The molecule has 1 saturated heterocycles. The highest BCUT2D eigenvalue weighted by molar-refractivity contribution is 8.18. The molecule has 1 fully saturated rings. The van der Waals surface area contributed by atoms with Gasteiger partial charge in [-0.3, -0.25) is 29.4 Å². The average molecular weight is 478 g/mol. The monoisotopic (exact) mass is 478 g/mol. The van der Waals surface area contributed by atoms with Crippen molar-refractivity contribution in [3.8, 4) is 11.4 Å². The number of hydrogen-bond donors (Lipinski definition) is 1. The first-order valence-corrected chi connectivity index (χ1v) is 10.8. The van der Waals surface area contributed by atoms with E-state index in [1.807, 2.05) is 0 Å². The number of methoxy groups -OCH3 is 1. The summed E-state index contributed by atoms with van der Waals surface area (Å²) in [7, 11) is 1.53. The summed E-state index contributed by atoms with van der Waals surface area (Å²) in [6, 6.07) is 16.1. The van der Waals surface area contributed by atoms with Crippen molar-refractivity contribution < 1.29 is 24.0 Å². The first kappa shape index (κ1) is 22.8. The van der Waals surface area contributed by atoms with Crippen molar-refractivity contribution in [2.75, 3.05) is 19.0 Å². The van der Waals surface area contributed by atoms with Gasteiger partial charge in [-0.1, -0.05) is 6.07 Å². The van der Waals surface area contributed by atoms with E-state index in [0.717, 1.165) is 16.7 Å². The molecule has 3 aromatic rings. The van der Waals surface area contributed by atoms with Gasteiger partial charge >= 0.3 is 0 Å². The van der Waals surface area contributed by atoms with Crippen LogP contribution in [-0.2, 0) is 9.59 Å². The lowest BCUT2D eigenvalue weighted by atomic mass is 10.2. The maximum atomic E-state index is 12.8. The minimum Gasteiger partial charge on any atom is -0.497 e. The van der Waals surface area contributed by atoms with Crippen molar-refractivity contribution in [1.82, 2.24) is 9.47 Å². The number of aromatic nitrogens is 1. The Morgan fingerprint density at radius 2 is 1.91 bits per heavy atom.